The van der Waals surface area contributed by atoms with Gasteiger partial charge in [-0.25, -0.2) is 9.59 Å². The Kier molecular flexibility index (Phi) is 4.74. The fraction of sp³-hybridized carbons (Fsp3) is 0.529. The molecule has 1 saturated heterocycles. The number of amides is 1. The first-order valence-corrected chi connectivity index (χ1v) is 7.50. The van der Waals surface area contributed by atoms with Crippen LogP contribution >= 0.6 is 0 Å². The van der Waals surface area contributed by atoms with Crippen LogP contribution in [0.15, 0.2) is 24.3 Å². The molecule has 0 aromatic heterocycles. The van der Waals surface area contributed by atoms with Gasteiger partial charge in [0.15, 0.2) is 0 Å². The predicted molar refractivity (Wildman–Crippen MR) is 82.7 cm³/mol. The molecule has 2 rings (SSSR count). The number of nitrogens with zero attached hydrogens (tertiary/aromatic N) is 1. The molecule has 1 aliphatic rings. The second-order valence-corrected chi connectivity index (χ2v) is 6.45. The van der Waals surface area contributed by atoms with Crippen molar-refractivity contribution in [1.29, 1.82) is 0 Å². The molecule has 22 heavy (non-hydrogen) atoms. The SMILES string of the molecule is COC(=O)c1ccc(C2CCCN2C(=O)OC(C)(C)C)cc1. The van der Waals surface area contributed by atoms with Crippen LogP contribution in [0.2, 0.25) is 0 Å². The van der Waals surface area contributed by atoms with E-state index in [1.165, 1.54) is 7.11 Å². The molecular formula is C17H23NO4. The first-order chi connectivity index (χ1) is 10.3. The van der Waals surface area contributed by atoms with E-state index in [1.807, 2.05) is 32.9 Å². The smallest absolute Gasteiger partial charge is 0.410 e. The van der Waals surface area contributed by atoms with Gasteiger partial charge < -0.3 is 14.4 Å². The second kappa shape index (κ2) is 6.38. The molecule has 0 aliphatic carbocycles. The summed E-state index contributed by atoms with van der Waals surface area (Å²) in [7, 11) is 1.36. The highest BCUT2D eigenvalue weighted by Crippen LogP contribution is 2.33. The summed E-state index contributed by atoms with van der Waals surface area (Å²) in [6.07, 6.45) is 1.56. The minimum absolute atomic E-state index is 0.00143. The Balaban J connectivity index is 2.13. The maximum atomic E-state index is 12.3. The van der Waals surface area contributed by atoms with Crippen molar-refractivity contribution >= 4 is 12.1 Å². The number of benzene rings is 1. The molecule has 1 amide bonds. The molecule has 1 fully saturated rings. The largest absolute Gasteiger partial charge is 0.465 e. The first-order valence-electron chi connectivity index (χ1n) is 7.50. The molecular weight excluding hydrogens is 282 g/mol. The van der Waals surface area contributed by atoms with Crippen molar-refractivity contribution in [3.63, 3.8) is 0 Å². The number of methoxy groups -OCH3 is 1. The topological polar surface area (TPSA) is 55.8 Å². The Hall–Kier alpha value is -2.04. The van der Waals surface area contributed by atoms with Crippen molar-refractivity contribution in [2.75, 3.05) is 13.7 Å². The maximum absolute atomic E-state index is 12.3. The number of hydrogen-bond donors (Lipinski definition) is 0. The number of rotatable bonds is 2. The zero-order valence-electron chi connectivity index (χ0n) is 13.6. The summed E-state index contributed by atoms with van der Waals surface area (Å²) >= 11 is 0. The maximum Gasteiger partial charge on any atom is 0.410 e. The molecule has 5 heteroatoms. The highest BCUT2D eigenvalue weighted by Gasteiger charge is 2.33. The molecule has 1 heterocycles. The van der Waals surface area contributed by atoms with E-state index >= 15 is 0 Å². The van der Waals surface area contributed by atoms with Crippen LogP contribution in [0.5, 0.6) is 0 Å². The third kappa shape index (κ3) is 3.78. The summed E-state index contributed by atoms with van der Waals surface area (Å²) < 4.78 is 10.2. The molecule has 1 unspecified atom stereocenters. The van der Waals surface area contributed by atoms with E-state index < -0.39 is 5.60 Å². The lowest BCUT2D eigenvalue weighted by Gasteiger charge is -2.28. The van der Waals surface area contributed by atoms with Gasteiger partial charge in [0.05, 0.1) is 18.7 Å². The highest BCUT2D eigenvalue weighted by atomic mass is 16.6. The van der Waals surface area contributed by atoms with Crippen molar-refractivity contribution in [1.82, 2.24) is 4.90 Å². The van der Waals surface area contributed by atoms with Crippen molar-refractivity contribution in [3.8, 4) is 0 Å². The van der Waals surface area contributed by atoms with Crippen molar-refractivity contribution in [2.24, 2.45) is 0 Å². The van der Waals surface area contributed by atoms with Gasteiger partial charge in [0, 0.05) is 6.54 Å². The number of esters is 1. The third-order valence-corrected chi connectivity index (χ3v) is 3.60. The average molecular weight is 305 g/mol. The predicted octanol–water partition coefficient (Wildman–Crippen LogP) is 3.55. The van der Waals surface area contributed by atoms with Gasteiger partial charge in [-0.3, -0.25) is 0 Å². The third-order valence-electron chi connectivity index (χ3n) is 3.60. The molecule has 1 atom stereocenters. The van der Waals surface area contributed by atoms with Crippen molar-refractivity contribution in [3.05, 3.63) is 35.4 Å². The lowest BCUT2D eigenvalue weighted by Crippen LogP contribution is -2.36. The number of ether oxygens (including phenoxy) is 2. The first kappa shape index (κ1) is 16.3. The molecule has 0 radical (unpaired) electrons. The molecule has 1 aromatic carbocycles. The summed E-state index contributed by atoms with van der Waals surface area (Å²) in [5.41, 5.74) is 1.02. The molecule has 0 saturated carbocycles. The summed E-state index contributed by atoms with van der Waals surface area (Å²) in [4.78, 5) is 25.5. The van der Waals surface area contributed by atoms with E-state index in [1.54, 1.807) is 17.0 Å². The average Bonchev–Trinajstić information content (AvgIpc) is 2.94. The zero-order chi connectivity index (χ0) is 16.3. The number of carbonyl (C=O) groups excluding carboxylic acids is 2. The van der Waals surface area contributed by atoms with Gasteiger partial charge in [-0.15, -0.1) is 0 Å². The van der Waals surface area contributed by atoms with E-state index in [0.717, 1.165) is 18.4 Å². The van der Waals surface area contributed by atoms with E-state index in [0.29, 0.717) is 12.1 Å². The summed E-state index contributed by atoms with van der Waals surface area (Å²) in [5, 5.41) is 0. The van der Waals surface area contributed by atoms with Gasteiger partial charge >= 0.3 is 12.1 Å². The van der Waals surface area contributed by atoms with Crippen LogP contribution in [-0.4, -0.2) is 36.2 Å². The summed E-state index contributed by atoms with van der Waals surface area (Å²) in [6, 6.07) is 7.21. The zero-order valence-corrected chi connectivity index (χ0v) is 13.6. The Morgan fingerprint density at radius 2 is 1.82 bits per heavy atom. The minimum atomic E-state index is -0.501. The van der Waals surface area contributed by atoms with Crippen molar-refractivity contribution in [2.45, 2.75) is 45.3 Å². The van der Waals surface area contributed by atoms with Gasteiger partial charge in [0.2, 0.25) is 0 Å². The molecule has 0 N–H and O–H groups in total. The van der Waals surface area contributed by atoms with Gasteiger partial charge in [0.25, 0.3) is 0 Å². The van der Waals surface area contributed by atoms with Gasteiger partial charge in [-0.2, -0.15) is 0 Å². The van der Waals surface area contributed by atoms with Crippen LogP contribution in [0.25, 0.3) is 0 Å². The van der Waals surface area contributed by atoms with E-state index in [4.69, 9.17) is 9.47 Å². The van der Waals surface area contributed by atoms with Crippen LogP contribution < -0.4 is 0 Å². The minimum Gasteiger partial charge on any atom is -0.465 e. The van der Waals surface area contributed by atoms with Gasteiger partial charge in [0.1, 0.15) is 5.60 Å². The Labute approximate surface area is 131 Å². The molecule has 120 valence electrons. The Morgan fingerprint density at radius 1 is 1.18 bits per heavy atom. The van der Waals surface area contributed by atoms with Crippen LogP contribution in [-0.2, 0) is 9.47 Å². The van der Waals surface area contributed by atoms with Gasteiger partial charge in [-0.1, -0.05) is 12.1 Å². The molecule has 0 spiro atoms. The van der Waals surface area contributed by atoms with Crippen LogP contribution in [0, 0.1) is 0 Å². The number of hydrogen-bond acceptors (Lipinski definition) is 4. The van der Waals surface area contributed by atoms with Crippen molar-refractivity contribution < 1.29 is 19.1 Å². The fourth-order valence-corrected chi connectivity index (χ4v) is 2.61. The second-order valence-electron chi connectivity index (χ2n) is 6.45. The fourth-order valence-electron chi connectivity index (χ4n) is 2.61. The van der Waals surface area contributed by atoms with Crippen LogP contribution in [0.4, 0.5) is 4.79 Å². The van der Waals surface area contributed by atoms with E-state index in [-0.39, 0.29) is 18.1 Å². The molecule has 1 aromatic rings. The quantitative estimate of drug-likeness (QED) is 0.784. The van der Waals surface area contributed by atoms with Crippen LogP contribution in [0.3, 0.4) is 0 Å². The van der Waals surface area contributed by atoms with Crippen LogP contribution in [0.1, 0.15) is 55.6 Å². The van der Waals surface area contributed by atoms with E-state index in [9.17, 15) is 9.59 Å². The molecule has 0 bridgehead atoms. The lowest BCUT2D eigenvalue weighted by molar-refractivity contribution is 0.0224. The molecule has 5 nitrogen and oxygen atoms in total. The summed E-state index contributed by atoms with van der Waals surface area (Å²) in [5.74, 6) is -0.359. The Morgan fingerprint density at radius 3 is 2.36 bits per heavy atom. The lowest BCUT2D eigenvalue weighted by atomic mass is 10.0. The van der Waals surface area contributed by atoms with Gasteiger partial charge in [-0.05, 0) is 51.3 Å². The summed E-state index contributed by atoms with van der Waals surface area (Å²) in [6.45, 7) is 6.28. The number of likely N-dealkylation sites (tertiary alicyclic amines) is 1. The monoisotopic (exact) mass is 305 g/mol. The number of carbonyl (C=O) groups is 2. The van der Waals surface area contributed by atoms with E-state index in [2.05, 4.69) is 0 Å². The molecule has 1 aliphatic heterocycles. The normalized spacial score (nSPS) is 18.2. The standard InChI is InChI=1S/C17H23NO4/c1-17(2,3)22-16(20)18-11-5-6-14(18)12-7-9-13(10-8-12)15(19)21-4/h7-10,14H,5-6,11H2,1-4H3. The highest BCUT2D eigenvalue weighted by molar-refractivity contribution is 5.89. The Bertz CT molecular complexity index is 545.